The van der Waals surface area contributed by atoms with E-state index in [4.69, 9.17) is 9.47 Å². The summed E-state index contributed by atoms with van der Waals surface area (Å²) in [7, 11) is 3.19. The van der Waals surface area contributed by atoms with E-state index in [0.717, 1.165) is 16.9 Å². The Morgan fingerprint density at radius 2 is 1.36 bits per heavy atom. The summed E-state index contributed by atoms with van der Waals surface area (Å²) < 4.78 is 10.6. The molecule has 8 nitrogen and oxygen atoms in total. The fourth-order valence-corrected chi connectivity index (χ4v) is 4.72. The number of carboxylic acid groups (broad SMARTS) is 1. The van der Waals surface area contributed by atoms with Gasteiger partial charge in [-0.1, -0.05) is 66.7 Å². The van der Waals surface area contributed by atoms with Crippen LogP contribution in [0.15, 0.2) is 97.1 Å². The lowest BCUT2D eigenvalue weighted by atomic mass is 9.94. The van der Waals surface area contributed by atoms with Crippen LogP contribution in [0.1, 0.15) is 38.3 Å². The van der Waals surface area contributed by atoms with Gasteiger partial charge in [0, 0.05) is 30.8 Å². The second-order valence-corrected chi connectivity index (χ2v) is 9.62. The molecule has 0 aliphatic carbocycles. The van der Waals surface area contributed by atoms with Crippen molar-refractivity contribution in [2.24, 2.45) is 0 Å². The van der Waals surface area contributed by atoms with Gasteiger partial charge in [-0.05, 0) is 59.0 Å². The number of nitrogens with one attached hydrogen (secondary N) is 1. The van der Waals surface area contributed by atoms with Crippen molar-refractivity contribution in [3.8, 4) is 22.6 Å². The van der Waals surface area contributed by atoms with E-state index >= 15 is 0 Å². The number of carbonyl (C=O) groups is 3. The summed E-state index contributed by atoms with van der Waals surface area (Å²) in [5.41, 5.74) is 3.85. The highest BCUT2D eigenvalue weighted by Gasteiger charge is 2.23. The Hall–Kier alpha value is -5.11. The third-order valence-electron chi connectivity index (χ3n) is 6.96. The Labute approximate surface area is 245 Å². The molecule has 0 heterocycles. The molecule has 0 aliphatic rings. The van der Waals surface area contributed by atoms with E-state index in [2.05, 4.69) is 5.32 Å². The Bertz CT molecular complexity index is 1530. The third-order valence-corrected chi connectivity index (χ3v) is 6.96. The lowest BCUT2D eigenvalue weighted by Crippen LogP contribution is -2.35. The van der Waals surface area contributed by atoms with E-state index in [1.54, 1.807) is 49.5 Å². The van der Waals surface area contributed by atoms with Crippen LogP contribution >= 0.6 is 0 Å². The number of rotatable bonds is 13. The molecule has 0 bridgehead atoms. The molecule has 2 N–H and O–H groups in total. The van der Waals surface area contributed by atoms with Crippen LogP contribution < -0.4 is 14.8 Å². The first-order chi connectivity index (χ1) is 20.4. The molecule has 0 atom stereocenters. The van der Waals surface area contributed by atoms with E-state index in [1.165, 1.54) is 0 Å². The van der Waals surface area contributed by atoms with Crippen LogP contribution in [0.2, 0.25) is 0 Å². The van der Waals surface area contributed by atoms with E-state index < -0.39 is 5.97 Å². The molecule has 0 fully saturated rings. The molecule has 8 heteroatoms. The predicted molar refractivity (Wildman–Crippen MR) is 161 cm³/mol. The van der Waals surface area contributed by atoms with E-state index in [1.807, 2.05) is 66.7 Å². The van der Waals surface area contributed by atoms with Crippen molar-refractivity contribution in [3.63, 3.8) is 0 Å². The maximum Gasteiger partial charge on any atom is 0.305 e. The number of ether oxygens (including phenoxy) is 2. The first kappa shape index (κ1) is 29.9. The number of aliphatic carboxylic acids is 1. The minimum atomic E-state index is -0.989. The molecule has 0 saturated heterocycles. The van der Waals surface area contributed by atoms with Gasteiger partial charge in [0.15, 0.2) is 0 Å². The molecule has 4 aromatic rings. The van der Waals surface area contributed by atoms with Crippen LogP contribution in [-0.4, -0.2) is 55.1 Å². The standard InChI is InChI=1S/C34H34N2O6/c1-41-26-17-15-24(16-18-26)23-35-33(39)29-12-6-4-10-27(29)28-11-5-7-13-30(28)34(40)36(22-20-32(37)38)21-19-25-9-3-8-14-31(25)42-2/h3-18H,19-23H2,1-2H3,(H,35,39)(H,37,38). The van der Waals surface area contributed by atoms with Gasteiger partial charge >= 0.3 is 5.97 Å². The summed E-state index contributed by atoms with van der Waals surface area (Å²) in [6, 6.07) is 29.2. The smallest absolute Gasteiger partial charge is 0.305 e. The van der Waals surface area contributed by atoms with Gasteiger partial charge in [-0.2, -0.15) is 0 Å². The monoisotopic (exact) mass is 566 g/mol. The summed E-state index contributed by atoms with van der Waals surface area (Å²) in [6.07, 6.45) is 0.298. The zero-order valence-electron chi connectivity index (χ0n) is 23.7. The fraction of sp³-hybridized carbons (Fsp3) is 0.206. The largest absolute Gasteiger partial charge is 0.497 e. The van der Waals surface area contributed by atoms with Crippen molar-refractivity contribution in [2.45, 2.75) is 19.4 Å². The van der Waals surface area contributed by atoms with Gasteiger partial charge in [0.05, 0.1) is 20.6 Å². The minimum Gasteiger partial charge on any atom is -0.497 e. The van der Waals surface area contributed by atoms with Gasteiger partial charge in [-0.15, -0.1) is 0 Å². The molecule has 42 heavy (non-hydrogen) atoms. The summed E-state index contributed by atoms with van der Waals surface area (Å²) in [5.74, 6) is -0.134. The summed E-state index contributed by atoms with van der Waals surface area (Å²) in [5, 5.41) is 12.3. The second-order valence-electron chi connectivity index (χ2n) is 9.62. The Balaban J connectivity index is 1.59. The molecule has 216 valence electrons. The zero-order valence-corrected chi connectivity index (χ0v) is 23.7. The van der Waals surface area contributed by atoms with Crippen molar-refractivity contribution in [2.75, 3.05) is 27.3 Å². The molecule has 0 radical (unpaired) electrons. The molecule has 0 aromatic heterocycles. The number of nitrogens with zero attached hydrogens (tertiary/aromatic N) is 1. The van der Waals surface area contributed by atoms with Gasteiger partial charge in [-0.25, -0.2) is 0 Å². The van der Waals surface area contributed by atoms with Crippen molar-refractivity contribution in [1.29, 1.82) is 0 Å². The first-order valence-electron chi connectivity index (χ1n) is 13.6. The maximum absolute atomic E-state index is 14.0. The SMILES string of the molecule is COc1ccc(CNC(=O)c2ccccc2-c2ccccc2C(=O)N(CCC(=O)O)CCc2ccccc2OC)cc1. The Morgan fingerprint density at radius 3 is 2.02 bits per heavy atom. The normalized spacial score (nSPS) is 10.5. The lowest BCUT2D eigenvalue weighted by molar-refractivity contribution is -0.137. The minimum absolute atomic E-state index is 0.0433. The van der Waals surface area contributed by atoms with Gasteiger partial charge in [0.2, 0.25) is 0 Å². The van der Waals surface area contributed by atoms with Gasteiger partial charge in [0.1, 0.15) is 11.5 Å². The maximum atomic E-state index is 14.0. The molecular formula is C34H34N2O6. The zero-order chi connectivity index (χ0) is 29.9. The number of carbonyl (C=O) groups excluding carboxylic acids is 2. The topological polar surface area (TPSA) is 105 Å². The molecule has 0 spiro atoms. The van der Waals surface area contributed by atoms with Crippen molar-refractivity contribution in [3.05, 3.63) is 119 Å². The average molecular weight is 567 g/mol. The van der Waals surface area contributed by atoms with E-state index in [-0.39, 0.29) is 24.8 Å². The van der Waals surface area contributed by atoms with Crippen LogP contribution in [0.4, 0.5) is 0 Å². The molecule has 0 aliphatic heterocycles. The molecule has 0 unspecified atom stereocenters. The van der Waals surface area contributed by atoms with Gasteiger partial charge in [0.25, 0.3) is 11.8 Å². The number of amides is 2. The van der Waals surface area contributed by atoms with E-state index in [0.29, 0.717) is 47.5 Å². The van der Waals surface area contributed by atoms with Crippen molar-refractivity contribution < 1.29 is 29.0 Å². The summed E-state index contributed by atoms with van der Waals surface area (Å²) in [4.78, 5) is 40.3. The Kier molecular flexibility index (Phi) is 10.3. The van der Waals surface area contributed by atoms with Crippen LogP contribution in [0.3, 0.4) is 0 Å². The summed E-state index contributed by atoms with van der Waals surface area (Å²) in [6.45, 7) is 0.663. The highest BCUT2D eigenvalue weighted by atomic mass is 16.5. The molecule has 4 aromatic carbocycles. The van der Waals surface area contributed by atoms with Crippen LogP contribution in [-0.2, 0) is 17.8 Å². The Morgan fingerprint density at radius 1 is 0.738 bits per heavy atom. The number of hydrogen-bond donors (Lipinski definition) is 2. The number of para-hydroxylation sites is 1. The number of methoxy groups -OCH3 is 2. The average Bonchev–Trinajstić information content (AvgIpc) is 3.03. The molecular weight excluding hydrogens is 532 g/mol. The van der Waals surface area contributed by atoms with Gasteiger partial charge in [-0.3, -0.25) is 14.4 Å². The van der Waals surface area contributed by atoms with E-state index in [9.17, 15) is 19.5 Å². The number of hydrogen-bond acceptors (Lipinski definition) is 5. The highest BCUT2D eigenvalue weighted by Crippen LogP contribution is 2.29. The molecule has 2 amide bonds. The van der Waals surface area contributed by atoms with Crippen LogP contribution in [0.5, 0.6) is 11.5 Å². The second kappa shape index (κ2) is 14.5. The summed E-state index contributed by atoms with van der Waals surface area (Å²) >= 11 is 0. The van der Waals surface area contributed by atoms with Crippen molar-refractivity contribution in [1.82, 2.24) is 10.2 Å². The lowest BCUT2D eigenvalue weighted by Gasteiger charge is -2.24. The molecule has 0 saturated carbocycles. The van der Waals surface area contributed by atoms with Crippen LogP contribution in [0.25, 0.3) is 11.1 Å². The highest BCUT2D eigenvalue weighted by molar-refractivity contribution is 6.06. The van der Waals surface area contributed by atoms with Crippen LogP contribution in [0, 0.1) is 0 Å². The quantitative estimate of drug-likeness (QED) is 0.223. The van der Waals surface area contributed by atoms with Crippen molar-refractivity contribution >= 4 is 17.8 Å². The predicted octanol–water partition coefficient (Wildman–Crippen LogP) is 5.46. The third kappa shape index (κ3) is 7.54. The van der Waals surface area contributed by atoms with Gasteiger partial charge < -0.3 is 24.8 Å². The number of benzene rings is 4. The number of carboxylic acids is 1. The fourth-order valence-electron chi connectivity index (χ4n) is 4.72. The first-order valence-corrected chi connectivity index (χ1v) is 13.6. The molecule has 4 rings (SSSR count).